The van der Waals surface area contributed by atoms with Crippen molar-refractivity contribution in [1.29, 1.82) is 0 Å². The minimum atomic E-state index is -0.335. The van der Waals surface area contributed by atoms with Crippen molar-refractivity contribution >= 4 is 5.91 Å². The highest BCUT2D eigenvalue weighted by atomic mass is 16.5. The van der Waals surface area contributed by atoms with Crippen LogP contribution < -0.4 is 5.32 Å². The maximum absolute atomic E-state index is 11.8. The molecular formula is C17H27N3O2. The maximum atomic E-state index is 11.8. The van der Waals surface area contributed by atoms with Gasteiger partial charge in [-0.15, -0.1) is 0 Å². The number of nitrogens with zero attached hydrogens (tertiary/aromatic N) is 2. The number of amides is 1. The standard InChI is InChI=1S/C17H27N3O2/c1-17(2,3)16(21)19-9-7-15-13-20(10-11-22-15)12-14-6-4-5-8-18-14/h4-6,8,15H,7,9-13H2,1-3H3,(H,19,21)/t15-/m0/s1. The van der Waals surface area contributed by atoms with Crippen LogP contribution in [0, 0.1) is 5.41 Å². The summed E-state index contributed by atoms with van der Waals surface area (Å²) in [6.07, 6.45) is 2.85. The number of nitrogens with one attached hydrogen (secondary N) is 1. The smallest absolute Gasteiger partial charge is 0.225 e. The SMILES string of the molecule is CC(C)(C)C(=O)NCC[C@H]1CN(Cc2ccccn2)CCO1. The number of aromatic nitrogens is 1. The van der Waals surface area contributed by atoms with Crippen molar-refractivity contribution in [3.63, 3.8) is 0 Å². The van der Waals surface area contributed by atoms with E-state index >= 15 is 0 Å². The molecule has 2 heterocycles. The molecule has 5 nitrogen and oxygen atoms in total. The highest BCUT2D eigenvalue weighted by Gasteiger charge is 2.23. The molecule has 0 aliphatic carbocycles. The topological polar surface area (TPSA) is 54.5 Å². The zero-order valence-electron chi connectivity index (χ0n) is 13.8. The summed E-state index contributed by atoms with van der Waals surface area (Å²) in [6, 6.07) is 6.00. The largest absolute Gasteiger partial charge is 0.375 e. The molecule has 0 radical (unpaired) electrons. The van der Waals surface area contributed by atoms with Crippen molar-refractivity contribution in [3.8, 4) is 0 Å². The van der Waals surface area contributed by atoms with E-state index < -0.39 is 0 Å². The minimum absolute atomic E-state index is 0.0913. The Balaban J connectivity index is 1.73. The Labute approximate surface area is 133 Å². The third kappa shape index (κ3) is 5.39. The first-order valence-electron chi connectivity index (χ1n) is 7.97. The van der Waals surface area contributed by atoms with Crippen LogP contribution in [0.3, 0.4) is 0 Å². The molecule has 0 bridgehead atoms. The molecule has 1 aromatic rings. The molecule has 1 N–H and O–H groups in total. The zero-order chi connectivity index (χ0) is 16.0. The third-order valence-electron chi connectivity index (χ3n) is 3.77. The lowest BCUT2D eigenvalue weighted by molar-refractivity contribution is -0.128. The van der Waals surface area contributed by atoms with Gasteiger partial charge in [-0.3, -0.25) is 14.7 Å². The molecular weight excluding hydrogens is 278 g/mol. The molecule has 22 heavy (non-hydrogen) atoms. The fraction of sp³-hybridized carbons (Fsp3) is 0.647. The highest BCUT2D eigenvalue weighted by molar-refractivity contribution is 5.81. The van der Waals surface area contributed by atoms with Gasteiger partial charge in [0.2, 0.25) is 5.91 Å². The van der Waals surface area contributed by atoms with Crippen LogP contribution >= 0.6 is 0 Å². The summed E-state index contributed by atoms with van der Waals surface area (Å²) >= 11 is 0. The predicted octanol–water partition coefficient (Wildman–Crippen LogP) is 1.83. The van der Waals surface area contributed by atoms with Crippen LogP contribution in [-0.4, -0.2) is 48.1 Å². The van der Waals surface area contributed by atoms with Crippen molar-refractivity contribution < 1.29 is 9.53 Å². The van der Waals surface area contributed by atoms with E-state index in [1.54, 1.807) is 0 Å². The highest BCUT2D eigenvalue weighted by Crippen LogP contribution is 2.14. The van der Waals surface area contributed by atoms with E-state index in [1.165, 1.54) is 0 Å². The van der Waals surface area contributed by atoms with E-state index in [4.69, 9.17) is 4.74 Å². The van der Waals surface area contributed by atoms with E-state index in [-0.39, 0.29) is 17.4 Å². The summed E-state index contributed by atoms with van der Waals surface area (Å²) in [6.45, 7) is 9.86. The predicted molar refractivity (Wildman–Crippen MR) is 86.3 cm³/mol. The summed E-state index contributed by atoms with van der Waals surface area (Å²) in [5, 5.41) is 2.98. The maximum Gasteiger partial charge on any atom is 0.225 e. The number of ether oxygens (including phenoxy) is 1. The van der Waals surface area contributed by atoms with Gasteiger partial charge in [0.05, 0.1) is 18.4 Å². The fourth-order valence-electron chi connectivity index (χ4n) is 2.43. The Morgan fingerprint density at radius 3 is 2.95 bits per heavy atom. The van der Waals surface area contributed by atoms with E-state index in [0.29, 0.717) is 6.54 Å². The number of carbonyl (C=O) groups is 1. The summed E-state index contributed by atoms with van der Waals surface area (Å²) in [7, 11) is 0. The Morgan fingerprint density at radius 1 is 1.45 bits per heavy atom. The molecule has 1 amide bonds. The third-order valence-corrected chi connectivity index (χ3v) is 3.77. The van der Waals surface area contributed by atoms with Gasteiger partial charge in [0.25, 0.3) is 0 Å². The quantitative estimate of drug-likeness (QED) is 0.902. The van der Waals surface area contributed by atoms with Gasteiger partial charge in [0.1, 0.15) is 0 Å². The first-order chi connectivity index (χ1) is 10.4. The Hall–Kier alpha value is -1.46. The number of carbonyl (C=O) groups excluding carboxylic acids is 1. The lowest BCUT2D eigenvalue weighted by atomic mass is 9.95. The van der Waals surface area contributed by atoms with Gasteiger partial charge >= 0.3 is 0 Å². The van der Waals surface area contributed by atoms with E-state index in [1.807, 2.05) is 45.2 Å². The molecule has 2 rings (SSSR count). The molecule has 1 saturated heterocycles. The molecule has 0 spiro atoms. The lowest BCUT2D eigenvalue weighted by Gasteiger charge is -2.33. The minimum Gasteiger partial charge on any atom is -0.375 e. The Bertz CT molecular complexity index is 471. The zero-order valence-corrected chi connectivity index (χ0v) is 13.8. The average Bonchev–Trinajstić information content (AvgIpc) is 2.47. The van der Waals surface area contributed by atoms with Gasteiger partial charge in [-0.2, -0.15) is 0 Å². The first kappa shape index (κ1) is 16.9. The van der Waals surface area contributed by atoms with Gasteiger partial charge in [-0.05, 0) is 18.6 Å². The molecule has 122 valence electrons. The summed E-state index contributed by atoms with van der Waals surface area (Å²) in [5.74, 6) is 0.0913. The van der Waals surface area contributed by atoms with E-state index in [0.717, 1.165) is 38.4 Å². The molecule has 1 atom stereocenters. The number of pyridine rings is 1. The second kappa shape index (κ2) is 7.70. The fourth-order valence-corrected chi connectivity index (χ4v) is 2.43. The van der Waals surface area contributed by atoms with Crippen molar-refractivity contribution in [2.45, 2.75) is 39.8 Å². The second-order valence-corrected chi connectivity index (χ2v) is 6.84. The van der Waals surface area contributed by atoms with Crippen LogP contribution in [0.5, 0.6) is 0 Å². The average molecular weight is 305 g/mol. The van der Waals surface area contributed by atoms with Crippen molar-refractivity contribution in [1.82, 2.24) is 15.2 Å². The molecule has 1 aromatic heterocycles. The van der Waals surface area contributed by atoms with Crippen LogP contribution in [0.2, 0.25) is 0 Å². The van der Waals surface area contributed by atoms with Gasteiger partial charge in [0.15, 0.2) is 0 Å². The number of morpholine rings is 1. The normalized spacial score (nSPS) is 19.9. The Kier molecular flexibility index (Phi) is 5.91. The van der Waals surface area contributed by atoms with Gasteiger partial charge in [0, 0.05) is 37.8 Å². The van der Waals surface area contributed by atoms with Gasteiger partial charge < -0.3 is 10.1 Å². The molecule has 0 unspecified atom stereocenters. The molecule has 5 heteroatoms. The summed E-state index contributed by atoms with van der Waals surface area (Å²) in [5.41, 5.74) is 0.752. The molecule has 1 aliphatic heterocycles. The monoisotopic (exact) mass is 305 g/mol. The first-order valence-corrected chi connectivity index (χ1v) is 7.97. The molecule has 1 aliphatic rings. The van der Waals surface area contributed by atoms with Gasteiger partial charge in [-0.25, -0.2) is 0 Å². The Morgan fingerprint density at radius 2 is 2.27 bits per heavy atom. The van der Waals surface area contributed by atoms with Gasteiger partial charge in [-0.1, -0.05) is 26.8 Å². The van der Waals surface area contributed by atoms with Crippen LogP contribution in [0.1, 0.15) is 32.9 Å². The summed E-state index contributed by atoms with van der Waals surface area (Å²) < 4.78 is 5.80. The van der Waals surface area contributed by atoms with Crippen LogP contribution in [0.15, 0.2) is 24.4 Å². The van der Waals surface area contributed by atoms with Crippen LogP contribution in [0.4, 0.5) is 0 Å². The van der Waals surface area contributed by atoms with E-state index in [2.05, 4.69) is 15.2 Å². The molecule has 0 aromatic carbocycles. The molecule has 1 fully saturated rings. The van der Waals surface area contributed by atoms with Crippen LogP contribution in [0.25, 0.3) is 0 Å². The number of rotatable bonds is 5. The summed E-state index contributed by atoms with van der Waals surface area (Å²) in [4.78, 5) is 18.6. The van der Waals surface area contributed by atoms with Crippen molar-refractivity contribution in [2.24, 2.45) is 5.41 Å². The van der Waals surface area contributed by atoms with Crippen molar-refractivity contribution in [3.05, 3.63) is 30.1 Å². The lowest BCUT2D eigenvalue weighted by Crippen LogP contribution is -2.44. The second-order valence-electron chi connectivity index (χ2n) is 6.84. The number of hydrogen-bond donors (Lipinski definition) is 1. The van der Waals surface area contributed by atoms with Crippen molar-refractivity contribution in [2.75, 3.05) is 26.2 Å². The molecule has 0 saturated carbocycles. The van der Waals surface area contributed by atoms with E-state index in [9.17, 15) is 4.79 Å². The van der Waals surface area contributed by atoms with Crippen LogP contribution in [-0.2, 0) is 16.1 Å². The number of hydrogen-bond acceptors (Lipinski definition) is 4.